The molecule has 84 valence electrons. The van der Waals surface area contributed by atoms with Gasteiger partial charge in [-0.1, -0.05) is 13.8 Å². The van der Waals surface area contributed by atoms with Gasteiger partial charge in [-0.15, -0.1) is 0 Å². The van der Waals surface area contributed by atoms with Crippen LogP contribution in [0, 0.1) is 5.92 Å². The average molecular weight is 209 g/mol. The van der Waals surface area contributed by atoms with Crippen molar-refractivity contribution in [2.75, 3.05) is 0 Å². The molecular formula is C11H19N3O. The largest absolute Gasteiger partial charge is 0.346 e. The Morgan fingerprint density at radius 3 is 2.73 bits per heavy atom. The van der Waals surface area contributed by atoms with Crippen molar-refractivity contribution in [3.63, 3.8) is 0 Å². The van der Waals surface area contributed by atoms with E-state index in [4.69, 9.17) is 0 Å². The van der Waals surface area contributed by atoms with E-state index < -0.39 is 0 Å². The molecule has 1 aromatic rings. The average Bonchev–Trinajstić information content (AvgIpc) is 2.60. The summed E-state index contributed by atoms with van der Waals surface area (Å²) in [6, 6.07) is -0.00236. The molecule has 1 heterocycles. The maximum absolute atomic E-state index is 11.1. The highest BCUT2D eigenvalue weighted by Crippen LogP contribution is 2.19. The number of rotatable bonds is 4. The second kappa shape index (κ2) is 4.96. The number of carbonyl (C=O) groups is 1. The Bertz CT molecular complexity index is 330. The summed E-state index contributed by atoms with van der Waals surface area (Å²) >= 11 is 0. The van der Waals surface area contributed by atoms with Gasteiger partial charge in [-0.05, 0) is 12.8 Å². The van der Waals surface area contributed by atoms with Crippen molar-refractivity contribution in [1.82, 2.24) is 14.9 Å². The summed E-state index contributed by atoms with van der Waals surface area (Å²) < 4.78 is 2.06. The van der Waals surface area contributed by atoms with Gasteiger partial charge in [0.25, 0.3) is 0 Å². The molecule has 1 N–H and O–H groups in total. The summed E-state index contributed by atoms with van der Waals surface area (Å²) in [5.74, 6) is 1.25. The highest BCUT2D eigenvalue weighted by Gasteiger charge is 2.20. The molecule has 1 aromatic heterocycles. The monoisotopic (exact) mass is 209 g/mol. The predicted octanol–water partition coefficient (Wildman–Crippen LogP) is 1.74. The van der Waals surface area contributed by atoms with E-state index in [1.807, 2.05) is 6.20 Å². The van der Waals surface area contributed by atoms with Crippen molar-refractivity contribution in [3.8, 4) is 0 Å². The molecule has 1 rings (SSSR count). The van der Waals surface area contributed by atoms with E-state index in [0.717, 1.165) is 12.4 Å². The predicted molar refractivity (Wildman–Crippen MR) is 59.3 cm³/mol. The van der Waals surface area contributed by atoms with Gasteiger partial charge in [0.15, 0.2) is 0 Å². The van der Waals surface area contributed by atoms with Gasteiger partial charge in [-0.25, -0.2) is 4.98 Å². The van der Waals surface area contributed by atoms with Gasteiger partial charge in [0.1, 0.15) is 5.82 Å². The maximum Gasteiger partial charge on any atom is 0.217 e. The van der Waals surface area contributed by atoms with Crippen LogP contribution in [0.2, 0.25) is 0 Å². The molecule has 0 aliphatic carbocycles. The number of amides is 1. The van der Waals surface area contributed by atoms with Gasteiger partial charge >= 0.3 is 0 Å². The van der Waals surface area contributed by atoms with Crippen molar-refractivity contribution in [1.29, 1.82) is 0 Å². The van der Waals surface area contributed by atoms with Crippen LogP contribution < -0.4 is 5.32 Å². The van der Waals surface area contributed by atoms with E-state index in [1.54, 1.807) is 6.20 Å². The van der Waals surface area contributed by atoms with E-state index in [0.29, 0.717) is 5.92 Å². The summed E-state index contributed by atoms with van der Waals surface area (Å²) in [6.45, 7) is 8.63. The van der Waals surface area contributed by atoms with E-state index in [9.17, 15) is 4.79 Å². The first-order valence-electron chi connectivity index (χ1n) is 5.34. The fraction of sp³-hybridized carbons (Fsp3) is 0.636. The van der Waals surface area contributed by atoms with Crippen LogP contribution in [0.5, 0.6) is 0 Å². The number of carbonyl (C=O) groups excluding carboxylic acids is 1. The molecule has 0 spiro atoms. The number of nitrogens with one attached hydrogen (secondary N) is 1. The van der Waals surface area contributed by atoms with Crippen molar-refractivity contribution in [2.24, 2.45) is 5.92 Å². The quantitative estimate of drug-likeness (QED) is 0.821. The fourth-order valence-electron chi connectivity index (χ4n) is 1.62. The summed E-state index contributed by atoms with van der Waals surface area (Å²) in [5, 5.41) is 2.93. The first kappa shape index (κ1) is 11.8. The van der Waals surface area contributed by atoms with Gasteiger partial charge in [0.05, 0.1) is 6.04 Å². The third kappa shape index (κ3) is 2.81. The van der Waals surface area contributed by atoms with Crippen LogP contribution in [0.25, 0.3) is 0 Å². The van der Waals surface area contributed by atoms with Crippen LogP contribution in [-0.4, -0.2) is 15.5 Å². The molecule has 1 atom stereocenters. The SMILES string of the molecule is CCn1ccnc1C(NC(C)=O)C(C)C. The van der Waals surface area contributed by atoms with Crippen LogP contribution in [0.4, 0.5) is 0 Å². The lowest BCUT2D eigenvalue weighted by molar-refractivity contribution is -0.120. The van der Waals surface area contributed by atoms with Gasteiger partial charge in [-0.2, -0.15) is 0 Å². The zero-order valence-corrected chi connectivity index (χ0v) is 9.82. The molecule has 0 bridgehead atoms. The van der Waals surface area contributed by atoms with Crippen LogP contribution >= 0.6 is 0 Å². The zero-order chi connectivity index (χ0) is 11.4. The molecule has 0 aromatic carbocycles. The summed E-state index contributed by atoms with van der Waals surface area (Å²) in [7, 11) is 0. The molecule has 0 aliphatic rings. The fourth-order valence-corrected chi connectivity index (χ4v) is 1.62. The van der Waals surface area contributed by atoms with Gasteiger partial charge in [0, 0.05) is 25.9 Å². The van der Waals surface area contributed by atoms with Crippen LogP contribution in [-0.2, 0) is 11.3 Å². The number of nitrogens with zero attached hydrogens (tertiary/aromatic N) is 2. The molecule has 4 heteroatoms. The first-order valence-corrected chi connectivity index (χ1v) is 5.34. The lowest BCUT2D eigenvalue weighted by Crippen LogP contribution is -2.31. The Kier molecular flexibility index (Phi) is 3.88. The minimum atomic E-state index is -0.0145. The molecule has 0 radical (unpaired) electrons. The molecule has 1 unspecified atom stereocenters. The van der Waals surface area contributed by atoms with E-state index in [2.05, 4.69) is 35.6 Å². The molecule has 0 fully saturated rings. The Labute approximate surface area is 90.7 Å². The highest BCUT2D eigenvalue weighted by atomic mass is 16.1. The zero-order valence-electron chi connectivity index (χ0n) is 9.82. The number of aryl methyl sites for hydroxylation is 1. The van der Waals surface area contributed by atoms with Crippen molar-refractivity contribution >= 4 is 5.91 Å². The lowest BCUT2D eigenvalue weighted by atomic mass is 10.0. The second-order valence-corrected chi connectivity index (χ2v) is 3.99. The number of hydrogen-bond donors (Lipinski definition) is 1. The Balaban J connectivity index is 2.93. The highest BCUT2D eigenvalue weighted by molar-refractivity contribution is 5.73. The molecule has 1 amide bonds. The smallest absolute Gasteiger partial charge is 0.217 e. The summed E-state index contributed by atoms with van der Waals surface area (Å²) in [4.78, 5) is 15.4. The van der Waals surface area contributed by atoms with Crippen LogP contribution in [0.15, 0.2) is 12.4 Å². The molecule has 0 saturated heterocycles. The maximum atomic E-state index is 11.1. The minimum absolute atomic E-state index is 0.00236. The number of hydrogen-bond acceptors (Lipinski definition) is 2. The topological polar surface area (TPSA) is 46.9 Å². The van der Waals surface area contributed by atoms with Crippen molar-refractivity contribution < 1.29 is 4.79 Å². The van der Waals surface area contributed by atoms with E-state index in [-0.39, 0.29) is 11.9 Å². The van der Waals surface area contributed by atoms with E-state index >= 15 is 0 Å². The molecule has 4 nitrogen and oxygen atoms in total. The summed E-state index contributed by atoms with van der Waals surface area (Å²) in [6.07, 6.45) is 3.71. The van der Waals surface area contributed by atoms with Crippen molar-refractivity contribution in [3.05, 3.63) is 18.2 Å². The van der Waals surface area contributed by atoms with Gasteiger partial charge in [0.2, 0.25) is 5.91 Å². The van der Waals surface area contributed by atoms with Crippen LogP contribution in [0.3, 0.4) is 0 Å². The minimum Gasteiger partial charge on any atom is -0.346 e. The Morgan fingerprint density at radius 1 is 1.60 bits per heavy atom. The Hall–Kier alpha value is -1.32. The molecular weight excluding hydrogens is 190 g/mol. The normalized spacial score (nSPS) is 12.9. The third-order valence-electron chi connectivity index (χ3n) is 2.39. The van der Waals surface area contributed by atoms with Gasteiger partial charge in [-0.3, -0.25) is 4.79 Å². The lowest BCUT2D eigenvalue weighted by Gasteiger charge is -2.21. The molecule has 0 saturated carbocycles. The standard InChI is InChI=1S/C11H19N3O/c1-5-14-7-6-12-11(14)10(8(2)3)13-9(4)15/h6-8,10H,5H2,1-4H3,(H,13,15). The first-order chi connectivity index (χ1) is 7.06. The van der Waals surface area contributed by atoms with Crippen LogP contribution in [0.1, 0.15) is 39.6 Å². The summed E-state index contributed by atoms with van der Waals surface area (Å²) in [5.41, 5.74) is 0. The van der Waals surface area contributed by atoms with Gasteiger partial charge < -0.3 is 9.88 Å². The molecule has 15 heavy (non-hydrogen) atoms. The van der Waals surface area contributed by atoms with Crippen molar-refractivity contribution in [2.45, 2.75) is 40.3 Å². The van der Waals surface area contributed by atoms with E-state index in [1.165, 1.54) is 6.92 Å². The second-order valence-electron chi connectivity index (χ2n) is 3.99. The third-order valence-corrected chi connectivity index (χ3v) is 2.39. The Morgan fingerprint density at radius 2 is 2.27 bits per heavy atom. The number of imidazole rings is 1. The number of aromatic nitrogens is 2. The molecule has 0 aliphatic heterocycles.